The van der Waals surface area contributed by atoms with Crippen molar-refractivity contribution >= 4 is 21.6 Å². The standard InChI is InChI=1S/C21H27N3O4S/c1-15-5-8-20(28-4)19(13-15)22-21(25)18-14-17(7-6-16(18)2)29(26,27)24-11-9-23(3)10-12-24/h5-8,13-14H,9-12H2,1-4H3,(H,22,25). The molecule has 1 fully saturated rings. The van der Waals surface area contributed by atoms with Gasteiger partial charge in [0.2, 0.25) is 10.0 Å². The number of rotatable bonds is 5. The monoisotopic (exact) mass is 417 g/mol. The molecule has 29 heavy (non-hydrogen) atoms. The highest BCUT2D eigenvalue weighted by Crippen LogP contribution is 2.27. The zero-order valence-electron chi connectivity index (χ0n) is 17.2. The number of piperazine rings is 1. The number of methoxy groups -OCH3 is 1. The molecule has 7 nitrogen and oxygen atoms in total. The Morgan fingerprint density at radius 2 is 1.72 bits per heavy atom. The quantitative estimate of drug-likeness (QED) is 0.809. The highest BCUT2D eigenvalue weighted by molar-refractivity contribution is 7.89. The van der Waals surface area contributed by atoms with E-state index in [1.807, 2.05) is 26.1 Å². The summed E-state index contributed by atoms with van der Waals surface area (Å²) in [4.78, 5) is 15.2. The molecule has 0 saturated carbocycles. The van der Waals surface area contributed by atoms with Crippen molar-refractivity contribution < 1.29 is 17.9 Å². The Labute approximate surface area is 172 Å². The van der Waals surface area contributed by atoms with Crippen molar-refractivity contribution in [1.29, 1.82) is 0 Å². The molecule has 8 heteroatoms. The highest BCUT2D eigenvalue weighted by Gasteiger charge is 2.28. The molecule has 0 unspecified atom stereocenters. The maximum Gasteiger partial charge on any atom is 0.256 e. The van der Waals surface area contributed by atoms with Crippen LogP contribution in [-0.4, -0.2) is 63.9 Å². The van der Waals surface area contributed by atoms with Crippen molar-refractivity contribution in [1.82, 2.24) is 9.21 Å². The van der Waals surface area contributed by atoms with Crippen molar-refractivity contribution in [2.75, 3.05) is 45.7 Å². The lowest BCUT2D eigenvalue weighted by molar-refractivity contribution is 0.102. The fraction of sp³-hybridized carbons (Fsp3) is 0.381. The van der Waals surface area contributed by atoms with Crippen LogP contribution in [0.5, 0.6) is 5.75 Å². The van der Waals surface area contributed by atoms with Gasteiger partial charge in [-0.05, 0) is 56.3 Å². The molecule has 1 N–H and O–H groups in total. The molecular weight excluding hydrogens is 390 g/mol. The summed E-state index contributed by atoms with van der Waals surface area (Å²) in [6.45, 7) is 5.96. The summed E-state index contributed by atoms with van der Waals surface area (Å²) in [5.41, 5.74) is 2.55. The van der Waals surface area contributed by atoms with E-state index >= 15 is 0 Å². The van der Waals surface area contributed by atoms with Crippen molar-refractivity contribution in [3.05, 3.63) is 53.1 Å². The topological polar surface area (TPSA) is 78.9 Å². The summed E-state index contributed by atoms with van der Waals surface area (Å²) in [6, 6.07) is 10.2. The van der Waals surface area contributed by atoms with E-state index in [0.29, 0.717) is 48.7 Å². The van der Waals surface area contributed by atoms with Gasteiger partial charge in [-0.15, -0.1) is 0 Å². The minimum absolute atomic E-state index is 0.133. The first-order valence-corrected chi connectivity index (χ1v) is 10.9. The molecule has 0 spiro atoms. The molecule has 0 bridgehead atoms. The molecule has 0 aliphatic carbocycles. The third-order valence-electron chi connectivity index (χ3n) is 5.16. The molecular formula is C21H27N3O4S. The molecule has 0 atom stereocenters. The van der Waals surface area contributed by atoms with E-state index in [-0.39, 0.29) is 10.8 Å². The van der Waals surface area contributed by atoms with Crippen LogP contribution in [0.2, 0.25) is 0 Å². The number of benzene rings is 2. The van der Waals surface area contributed by atoms with Crippen LogP contribution in [0.3, 0.4) is 0 Å². The minimum Gasteiger partial charge on any atom is -0.495 e. The van der Waals surface area contributed by atoms with E-state index in [9.17, 15) is 13.2 Å². The fourth-order valence-electron chi connectivity index (χ4n) is 3.29. The fourth-order valence-corrected chi connectivity index (χ4v) is 4.74. The molecule has 0 aromatic heterocycles. The molecule has 2 aromatic carbocycles. The van der Waals surface area contributed by atoms with Crippen LogP contribution in [0.4, 0.5) is 5.69 Å². The van der Waals surface area contributed by atoms with Gasteiger partial charge >= 0.3 is 0 Å². The summed E-state index contributed by atoms with van der Waals surface area (Å²) in [5.74, 6) is 0.171. The maximum atomic E-state index is 13.0. The summed E-state index contributed by atoms with van der Waals surface area (Å²) >= 11 is 0. The van der Waals surface area contributed by atoms with Crippen molar-refractivity contribution in [3.8, 4) is 5.75 Å². The predicted molar refractivity (Wildman–Crippen MR) is 113 cm³/mol. The van der Waals surface area contributed by atoms with E-state index in [4.69, 9.17) is 4.74 Å². The van der Waals surface area contributed by atoms with Gasteiger partial charge in [-0.1, -0.05) is 12.1 Å². The number of ether oxygens (including phenoxy) is 1. The number of aryl methyl sites for hydroxylation is 2. The highest BCUT2D eigenvalue weighted by atomic mass is 32.2. The van der Waals surface area contributed by atoms with Gasteiger partial charge in [0.1, 0.15) is 5.75 Å². The van der Waals surface area contributed by atoms with E-state index < -0.39 is 10.0 Å². The number of hydrogen-bond acceptors (Lipinski definition) is 5. The molecule has 1 aliphatic heterocycles. The minimum atomic E-state index is -3.65. The van der Waals surface area contributed by atoms with Gasteiger partial charge in [0.05, 0.1) is 17.7 Å². The first-order valence-electron chi connectivity index (χ1n) is 9.47. The summed E-state index contributed by atoms with van der Waals surface area (Å²) in [5, 5.41) is 2.84. The van der Waals surface area contributed by atoms with Gasteiger partial charge in [-0.25, -0.2) is 8.42 Å². The Morgan fingerprint density at radius 1 is 1.03 bits per heavy atom. The Balaban J connectivity index is 1.89. The third kappa shape index (κ3) is 4.60. The van der Waals surface area contributed by atoms with Gasteiger partial charge < -0.3 is 15.0 Å². The van der Waals surface area contributed by atoms with Gasteiger partial charge in [-0.2, -0.15) is 4.31 Å². The molecule has 156 valence electrons. The SMILES string of the molecule is COc1ccc(C)cc1NC(=O)c1cc(S(=O)(=O)N2CCN(C)CC2)ccc1C. The van der Waals surface area contributed by atoms with Gasteiger partial charge in [-0.3, -0.25) is 4.79 Å². The molecule has 1 heterocycles. The number of anilines is 1. The third-order valence-corrected chi connectivity index (χ3v) is 7.05. The normalized spacial score (nSPS) is 15.9. The van der Waals surface area contributed by atoms with Crippen molar-refractivity contribution in [2.45, 2.75) is 18.7 Å². The largest absolute Gasteiger partial charge is 0.495 e. The molecule has 1 amide bonds. The second-order valence-corrected chi connectivity index (χ2v) is 9.28. The summed E-state index contributed by atoms with van der Waals surface area (Å²) in [6.07, 6.45) is 0. The lowest BCUT2D eigenvalue weighted by atomic mass is 10.1. The van der Waals surface area contributed by atoms with E-state index in [1.54, 1.807) is 25.1 Å². The van der Waals surface area contributed by atoms with Crippen LogP contribution in [0.25, 0.3) is 0 Å². The predicted octanol–water partition coefficient (Wildman–Crippen LogP) is 2.50. The van der Waals surface area contributed by atoms with Crippen LogP contribution < -0.4 is 10.1 Å². The van der Waals surface area contributed by atoms with Crippen molar-refractivity contribution in [3.63, 3.8) is 0 Å². The van der Waals surface area contributed by atoms with Crippen LogP contribution in [-0.2, 0) is 10.0 Å². The van der Waals surface area contributed by atoms with E-state index in [0.717, 1.165) is 5.56 Å². The summed E-state index contributed by atoms with van der Waals surface area (Å²) < 4.78 is 32.9. The Morgan fingerprint density at radius 3 is 2.38 bits per heavy atom. The summed E-state index contributed by atoms with van der Waals surface area (Å²) in [7, 11) is -0.142. The van der Waals surface area contributed by atoms with E-state index in [2.05, 4.69) is 10.2 Å². The first kappa shape index (κ1) is 21.3. The molecule has 0 radical (unpaired) electrons. The van der Waals surface area contributed by atoms with Gasteiger partial charge in [0, 0.05) is 31.7 Å². The molecule has 1 aliphatic rings. The Bertz CT molecular complexity index is 1010. The first-order chi connectivity index (χ1) is 13.7. The molecule has 3 rings (SSSR count). The molecule has 1 saturated heterocycles. The number of likely N-dealkylation sites (N-methyl/N-ethyl adjacent to an activating group) is 1. The zero-order chi connectivity index (χ0) is 21.2. The average Bonchev–Trinajstić information content (AvgIpc) is 2.68. The number of carbonyl (C=O) groups excluding carboxylic acids is 1. The zero-order valence-corrected chi connectivity index (χ0v) is 18.0. The van der Waals surface area contributed by atoms with Crippen LogP contribution in [0, 0.1) is 13.8 Å². The lowest BCUT2D eigenvalue weighted by Crippen LogP contribution is -2.47. The smallest absolute Gasteiger partial charge is 0.256 e. The Kier molecular flexibility index (Phi) is 6.26. The van der Waals surface area contributed by atoms with E-state index in [1.165, 1.54) is 17.5 Å². The Hall–Kier alpha value is -2.42. The second-order valence-electron chi connectivity index (χ2n) is 7.34. The van der Waals surface area contributed by atoms with Crippen LogP contribution in [0.1, 0.15) is 21.5 Å². The van der Waals surface area contributed by atoms with Crippen LogP contribution in [0.15, 0.2) is 41.3 Å². The number of nitrogens with zero attached hydrogens (tertiary/aromatic N) is 2. The second kappa shape index (κ2) is 8.52. The average molecular weight is 418 g/mol. The number of hydrogen-bond donors (Lipinski definition) is 1. The number of sulfonamides is 1. The van der Waals surface area contributed by atoms with Crippen molar-refractivity contribution in [2.24, 2.45) is 0 Å². The maximum absolute atomic E-state index is 13.0. The number of amides is 1. The number of nitrogens with one attached hydrogen (secondary N) is 1. The lowest BCUT2D eigenvalue weighted by Gasteiger charge is -2.31. The van der Waals surface area contributed by atoms with Gasteiger partial charge in [0.25, 0.3) is 5.91 Å². The molecule has 2 aromatic rings. The number of carbonyl (C=O) groups is 1. The van der Waals surface area contributed by atoms with Gasteiger partial charge in [0.15, 0.2) is 0 Å². The van der Waals surface area contributed by atoms with Crippen LogP contribution >= 0.6 is 0 Å².